The molecule has 0 spiro atoms. The molecule has 0 atom stereocenters. The van der Waals surface area contributed by atoms with E-state index in [4.69, 9.17) is 5.10 Å². The van der Waals surface area contributed by atoms with Crippen LogP contribution < -0.4 is 10.6 Å². The third-order valence-electron chi connectivity index (χ3n) is 4.34. The Balaban J connectivity index is 1.97. The van der Waals surface area contributed by atoms with Crippen molar-refractivity contribution in [1.29, 1.82) is 0 Å². The Morgan fingerprint density at radius 2 is 1.85 bits per heavy atom. The fraction of sp³-hybridized carbons (Fsp3) is 0.273. The van der Waals surface area contributed by atoms with Gasteiger partial charge in [0, 0.05) is 11.6 Å². The van der Waals surface area contributed by atoms with Gasteiger partial charge >= 0.3 is 0 Å². The van der Waals surface area contributed by atoms with Crippen LogP contribution >= 0.6 is 0 Å². The summed E-state index contributed by atoms with van der Waals surface area (Å²) in [6.45, 7) is 7.30. The van der Waals surface area contributed by atoms with Crippen molar-refractivity contribution in [1.82, 2.24) is 15.1 Å². The Kier molecular flexibility index (Phi) is 6.04. The second-order valence-electron chi connectivity index (χ2n) is 6.71. The predicted octanol–water partition coefficient (Wildman–Crippen LogP) is 4.09. The van der Waals surface area contributed by atoms with Gasteiger partial charge in [0.1, 0.15) is 5.82 Å². The summed E-state index contributed by atoms with van der Waals surface area (Å²) in [5, 5.41) is 10.9. The average molecular weight is 362 g/mol. The van der Waals surface area contributed by atoms with Gasteiger partial charge < -0.3 is 10.6 Å². The van der Waals surface area contributed by atoms with E-state index in [9.17, 15) is 4.79 Å². The van der Waals surface area contributed by atoms with Crippen LogP contribution in [0.5, 0.6) is 0 Å². The molecular weight excluding hydrogens is 336 g/mol. The number of carbonyl (C=O) groups excluding carboxylic acids is 1. The van der Waals surface area contributed by atoms with Gasteiger partial charge in [0.15, 0.2) is 0 Å². The molecule has 5 nitrogen and oxygen atoms in total. The van der Waals surface area contributed by atoms with Crippen molar-refractivity contribution in [2.75, 3.05) is 18.4 Å². The first kappa shape index (κ1) is 18.9. The highest BCUT2D eigenvalue weighted by Gasteiger charge is 2.15. The second kappa shape index (κ2) is 8.64. The van der Waals surface area contributed by atoms with E-state index in [2.05, 4.69) is 43.5 Å². The maximum Gasteiger partial charge on any atom is 0.239 e. The summed E-state index contributed by atoms with van der Waals surface area (Å²) in [5.41, 5.74) is 5.10. The van der Waals surface area contributed by atoms with E-state index in [1.54, 1.807) is 0 Å². The number of hydrogen-bond donors (Lipinski definition) is 2. The van der Waals surface area contributed by atoms with E-state index >= 15 is 0 Å². The normalized spacial score (nSPS) is 10.8. The van der Waals surface area contributed by atoms with Crippen LogP contribution in [0.25, 0.3) is 16.9 Å². The van der Waals surface area contributed by atoms with Gasteiger partial charge in [-0.15, -0.1) is 0 Å². The van der Waals surface area contributed by atoms with E-state index < -0.39 is 0 Å². The van der Waals surface area contributed by atoms with Gasteiger partial charge in [0.25, 0.3) is 0 Å². The van der Waals surface area contributed by atoms with Crippen LogP contribution in [0.3, 0.4) is 0 Å². The van der Waals surface area contributed by atoms with Gasteiger partial charge in [-0.05, 0) is 38.4 Å². The van der Waals surface area contributed by atoms with Crippen LogP contribution in [-0.4, -0.2) is 28.8 Å². The molecule has 0 saturated heterocycles. The molecule has 1 amide bonds. The first-order valence-corrected chi connectivity index (χ1v) is 9.32. The first-order valence-electron chi connectivity index (χ1n) is 9.32. The number of aromatic nitrogens is 2. The Hall–Kier alpha value is -2.92. The lowest BCUT2D eigenvalue weighted by molar-refractivity contribution is -0.115. The molecular formula is C22H26N4O. The number of benzene rings is 2. The molecule has 0 radical (unpaired) electrons. The smallest absolute Gasteiger partial charge is 0.239 e. The molecule has 0 aliphatic carbocycles. The van der Waals surface area contributed by atoms with Gasteiger partial charge in [-0.1, -0.05) is 55.0 Å². The number of nitrogens with one attached hydrogen (secondary N) is 2. The van der Waals surface area contributed by atoms with Gasteiger partial charge in [-0.25, -0.2) is 4.68 Å². The van der Waals surface area contributed by atoms with E-state index in [1.165, 1.54) is 5.56 Å². The van der Waals surface area contributed by atoms with Gasteiger partial charge in [-0.3, -0.25) is 4.79 Å². The van der Waals surface area contributed by atoms with Crippen LogP contribution in [0.15, 0.2) is 54.6 Å². The summed E-state index contributed by atoms with van der Waals surface area (Å²) in [4.78, 5) is 12.3. The molecule has 2 aromatic carbocycles. The maximum absolute atomic E-state index is 12.3. The predicted molar refractivity (Wildman–Crippen MR) is 110 cm³/mol. The molecule has 0 aliphatic heterocycles. The number of amides is 1. The molecule has 0 unspecified atom stereocenters. The highest BCUT2D eigenvalue weighted by atomic mass is 16.2. The number of rotatable bonds is 7. The summed E-state index contributed by atoms with van der Waals surface area (Å²) in [5.74, 6) is 0.595. The first-order chi connectivity index (χ1) is 13.1. The van der Waals surface area contributed by atoms with E-state index in [0.717, 1.165) is 35.5 Å². The minimum Gasteiger partial charge on any atom is -0.309 e. The van der Waals surface area contributed by atoms with Crippen molar-refractivity contribution < 1.29 is 4.79 Å². The molecule has 3 rings (SSSR count). The zero-order valence-electron chi connectivity index (χ0n) is 16.1. The van der Waals surface area contributed by atoms with Crippen molar-refractivity contribution in [2.45, 2.75) is 27.2 Å². The minimum absolute atomic E-state index is 0.0750. The molecule has 0 saturated carbocycles. The summed E-state index contributed by atoms with van der Waals surface area (Å²) in [6.07, 6.45) is 0.992. The zero-order chi connectivity index (χ0) is 19.2. The summed E-state index contributed by atoms with van der Waals surface area (Å²) in [7, 11) is 0. The third-order valence-corrected chi connectivity index (χ3v) is 4.34. The van der Waals surface area contributed by atoms with E-state index in [-0.39, 0.29) is 12.5 Å². The molecule has 1 aromatic heterocycles. The summed E-state index contributed by atoms with van der Waals surface area (Å²) < 4.78 is 1.81. The standard InChI is InChI=1S/C22H26N4O/c1-4-12-23-15-22(27)24-21-14-19(18-8-6-5-7-9-18)25-26(21)20-11-10-16(2)13-17(20)3/h5-11,13-14,23H,4,12,15H2,1-3H3,(H,24,27). The Morgan fingerprint density at radius 3 is 2.56 bits per heavy atom. The molecule has 0 bridgehead atoms. The number of anilines is 1. The SMILES string of the molecule is CCCNCC(=O)Nc1cc(-c2ccccc2)nn1-c1ccc(C)cc1C. The molecule has 0 fully saturated rings. The largest absolute Gasteiger partial charge is 0.309 e. The van der Waals surface area contributed by atoms with Gasteiger partial charge in [-0.2, -0.15) is 5.10 Å². The molecule has 27 heavy (non-hydrogen) atoms. The van der Waals surface area contributed by atoms with Gasteiger partial charge in [0.2, 0.25) is 5.91 Å². The molecule has 3 aromatic rings. The molecule has 140 valence electrons. The fourth-order valence-corrected chi connectivity index (χ4v) is 3.01. The Labute approximate surface area is 160 Å². The number of carbonyl (C=O) groups is 1. The van der Waals surface area contributed by atoms with E-state index in [0.29, 0.717) is 5.82 Å². The lowest BCUT2D eigenvalue weighted by Gasteiger charge is -2.12. The van der Waals surface area contributed by atoms with Gasteiger partial charge in [0.05, 0.1) is 17.9 Å². The number of hydrogen-bond acceptors (Lipinski definition) is 3. The summed E-state index contributed by atoms with van der Waals surface area (Å²) in [6, 6.07) is 18.1. The monoisotopic (exact) mass is 362 g/mol. The highest BCUT2D eigenvalue weighted by molar-refractivity contribution is 5.92. The van der Waals surface area contributed by atoms with Crippen molar-refractivity contribution >= 4 is 11.7 Å². The van der Waals surface area contributed by atoms with Crippen LogP contribution in [-0.2, 0) is 4.79 Å². The Bertz CT molecular complexity index is 915. The zero-order valence-corrected chi connectivity index (χ0v) is 16.1. The molecule has 0 aliphatic rings. The van der Waals surface area contributed by atoms with Crippen LogP contribution in [0, 0.1) is 13.8 Å². The number of aryl methyl sites for hydroxylation is 2. The third kappa shape index (κ3) is 4.63. The lowest BCUT2D eigenvalue weighted by atomic mass is 10.1. The summed E-state index contributed by atoms with van der Waals surface area (Å²) >= 11 is 0. The van der Waals surface area contributed by atoms with Crippen molar-refractivity contribution in [3.05, 3.63) is 65.7 Å². The van der Waals surface area contributed by atoms with Crippen LogP contribution in [0.2, 0.25) is 0 Å². The fourth-order valence-electron chi connectivity index (χ4n) is 3.01. The molecule has 1 heterocycles. The Morgan fingerprint density at radius 1 is 1.07 bits per heavy atom. The maximum atomic E-state index is 12.3. The molecule has 2 N–H and O–H groups in total. The average Bonchev–Trinajstić information content (AvgIpc) is 3.06. The van der Waals surface area contributed by atoms with E-state index in [1.807, 2.05) is 47.1 Å². The van der Waals surface area contributed by atoms with Crippen LogP contribution in [0.1, 0.15) is 24.5 Å². The van der Waals surface area contributed by atoms with Crippen molar-refractivity contribution in [3.8, 4) is 16.9 Å². The highest BCUT2D eigenvalue weighted by Crippen LogP contribution is 2.26. The number of nitrogens with zero attached hydrogens (tertiary/aromatic N) is 2. The lowest BCUT2D eigenvalue weighted by Crippen LogP contribution is -2.29. The topological polar surface area (TPSA) is 59.0 Å². The molecule has 5 heteroatoms. The van der Waals surface area contributed by atoms with Crippen molar-refractivity contribution in [2.24, 2.45) is 0 Å². The minimum atomic E-state index is -0.0750. The van der Waals surface area contributed by atoms with Crippen molar-refractivity contribution in [3.63, 3.8) is 0 Å². The quantitative estimate of drug-likeness (QED) is 0.622. The van der Waals surface area contributed by atoms with Crippen LogP contribution in [0.4, 0.5) is 5.82 Å². The second-order valence-corrected chi connectivity index (χ2v) is 6.71.